The molecular weight excluding hydrogens is 567 g/mol. The molecule has 2 aromatic rings. The van der Waals surface area contributed by atoms with E-state index in [4.69, 9.17) is 4.74 Å². The Bertz CT molecular complexity index is 973. The zero-order valence-corrected chi connectivity index (χ0v) is 23.7. The standard InChI is InChI=1S/C26H33BrN4O3.2ClH/c1-2-34-25(33)29-23(22-5-3-4-14-28-22)10-15-30-16-11-26(12-17-30)13-18-31(24(26)32)19-20-6-8-21(27)9-7-20;;/h3-9,14,23H,2,10-13,15-19H2,1H3,(H,29,33);2*1H. The molecule has 198 valence electrons. The molecule has 4 rings (SSSR count). The topological polar surface area (TPSA) is 74.8 Å². The fourth-order valence-electron chi connectivity index (χ4n) is 5.03. The number of carbonyl (C=O) groups is 2. The second-order valence-corrected chi connectivity index (χ2v) is 10.1. The van der Waals surface area contributed by atoms with Crippen molar-refractivity contribution in [3.63, 3.8) is 0 Å². The molecule has 2 aliphatic rings. The van der Waals surface area contributed by atoms with E-state index >= 15 is 0 Å². The minimum absolute atomic E-state index is 0. The molecule has 1 aromatic carbocycles. The predicted octanol–water partition coefficient (Wildman–Crippen LogP) is 5.38. The van der Waals surface area contributed by atoms with Crippen LogP contribution in [0.25, 0.3) is 0 Å². The van der Waals surface area contributed by atoms with Crippen LogP contribution in [0.15, 0.2) is 53.1 Å². The first kappa shape index (κ1) is 30.4. The Morgan fingerprint density at radius 2 is 1.81 bits per heavy atom. The summed E-state index contributed by atoms with van der Waals surface area (Å²) in [6.07, 6.45) is 4.79. The quantitative estimate of drug-likeness (QED) is 0.440. The Morgan fingerprint density at radius 1 is 1.11 bits per heavy atom. The summed E-state index contributed by atoms with van der Waals surface area (Å²) in [5, 5.41) is 2.95. The normalized spacial score (nSPS) is 17.7. The molecule has 7 nitrogen and oxygen atoms in total. The van der Waals surface area contributed by atoms with Crippen LogP contribution in [-0.4, -0.2) is 59.6 Å². The summed E-state index contributed by atoms with van der Waals surface area (Å²) in [4.78, 5) is 34.2. The fraction of sp³-hybridized carbons (Fsp3) is 0.500. The van der Waals surface area contributed by atoms with Crippen molar-refractivity contribution >= 4 is 52.7 Å². The van der Waals surface area contributed by atoms with Crippen LogP contribution in [0.3, 0.4) is 0 Å². The Hall–Kier alpha value is -1.87. The molecule has 2 fully saturated rings. The van der Waals surface area contributed by atoms with Crippen molar-refractivity contribution in [3.8, 4) is 0 Å². The van der Waals surface area contributed by atoms with Crippen LogP contribution in [0.5, 0.6) is 0 Å². The lowest BCUT2D eigenvalue weighted by Gasteiger charge is -2.38. The first-order valence-corrected chi connectivity index (χ1v) is 12.9. The Kier molecular flexibility index (Phi) is 11.9. The third-order valence-electron chi connectivity index (χ3n) is 7.05. The van der Waals surface area contributed by atoms with Gasteiger partial charge in [0.25, 0.3) is 0 Å². The van der Waals surface area contributed by atoms with Gasteiger partial charge in [0.2, 0.25) is 5.91 Å². The molecule has 36 heavy (non-hydrogen) atoms. The third kappa shape index (κ3) is 7.57. The van der Waals surface area contributed by atoms with E-state index in [0.29, 0.717) is 19.1 Å². The van der Waals surface area contributed by atoms with E-state index in [-0.39, 0.29) is 36.3 Å². The lowest BCUT2D eigenvalue weighted by atomic mass is 9.77. The molecule has 1 atom stereocenters. The summed E-state index contributed by atoms with van der Waals surface area (Å²) in [7, 11) is 0. The summed E-state index contributed by atoms with van der Waals surface area (Å²) in [6.45, 7) is 6.27. The number of halogens is 3. The van der Waals surface area contributed by atoms with Crippen LogP contribution in [0.2, 0.25) is 0 Å². The number of piperidine rings is 1. The monoisotopic (exact) mass is 600 g/mol. The van der Waals surface area contributed by atoms with E-state index in [1.807, 2.05) is 35.2 Å². The maximum atomic E-state index is 13.3. The van der Waals surface area contributed by atoms with Gasteiger partial charge < -0.3 is 19.9 Å². The molecule has 2 saturated heterocycles. The molecule has 0 bridgehead atoms. The van der Waals surface area contributed by atoms with Crippen LogP contribution < -0.4 is 5.32 Å². The van der Waals surface area contributed by atoms with E-state index in [1.54, 1.807) is 13.1 Å². The van der Waals surface area contributed by atoms with Crippen LogP contribution in [0, 0.1) is 5.41 Å². The second kappa shape index (κ2) is 14.2. The molecule has 1 spiro atoms. The number of carbonyl (C=O) groups excluding carboxylic acids is 2. The lowest BCUT2D eigenvalue weighted by molar-refractivity contribution is -0.138. The summed E-state index contributed by atoms with van der Waals surface area (Å²) < 4.78 is 6.13. The van der Waals surface area contributed by atoms with E-state index in [2.05, 4.69) is 43.3 Å². The van der Waals surface area contributed by atoms with Gasteiger partial charge in [-0.15, -0.1) is 24.8 Å². The SMILES string of the molecule is CCOC(=O)NC(CCN1CCC2(CC1)CCN(Cc1ccc(Br)cc1)C2=O)c1ccccn1.Cl.Cl. The van der Waals surface area contributed by atoms with Gasteiger partial charge in [0, 0.05) is 30.3 Å². The van der Waals surface area contributed by atoms with Crippen molar-refractivity contribution in [1.82, 2.24) is 20.1 Å². The molecule has 1 unspecified atom stereocenters. The maximum absolute atomic E-state index is 13.3. The van der Waals surface area contributed by atoms with Crippen LogP contribution in [-0.2, 0) is 16.1 Å². The highest BCUT2D eigenvalue weighted by molar-refractivity contribution is 9.10. The molecule has 0 radical (unpaired) electrons. The number of hydrogen-bond acceptors (Lipinski definition) is 5. The van der Waals surface area contributed by atoms with Gasteiger partial charge in [-0.1, -0.05) is 34.1 Å². The van der Waals surface area contributed by atoms with Gasteiger partial charge in [0.05, 0.1) is 23.8 Å². The number of alkyl carbamates (subject to hydrolysis) is 1. The smallest absolute Gasteiger partial charge is 0.407 e. The number of ether oxygens (including phenoxy) is 1. The minimum Gasteiger partial charge on any atom is -0.450 e. The van der Waals surface area contributed by atoms with Gasteiger partial charge in [-0.3, -0.25) is 9.78 Å². The summed E-state index contributed by atoms with van der Waals surface area (Å²) in [5.41, 5.74) is 1.79. The van der Waals surface area contributed by atoms with Crippen LogP contribution >= 0.6 is 40.7 Å². The summed E-state index contributed by atoms with van der Waals surface area (Å²) >= 11 is 3.47. The number of hydrogen-bond donors (Lipinski definition) is 1. The van der Waals surface area contributed by atoms with E-state index < -0.39 is 6.09 Å². The largest absolute Gasteiger partial charge is 0.450 e. The highest BCUT2D eigenvalue weighted by Gasteiger charge is 2.47. The highest BCUT2D eigenvalue weighted by Crippen LogP contribution is 2.42. The van der Waals surface area contributed by atoms with Crippen molar-refractivity contribution in [3.05, 3.63) is 64.4 Å². The number of amides is 2. The Labute approximate surface area is 234 Å². The molecule has 2 amide bonds. The number of pyridine rings is 1. The molecule has 0 aliphatic carbocycles. The molecular formula is C26H35BrCl2N4O3. The Balaban J connectivity index is 0.00000228. The predicted molar refractivity (Wildman–Crippen MR) is 149 cm³/mol. The van der Waals surface area contributed by atoms with Gasteiger partial charge in [0.1, 0.15) is 0 Å². The average Bonchev–Trinajstić information content (AvgIpc) is 3.14. The number of nitrogens with zero attached hydrogens (tertiary/aromatic N) is 3. The first-order valence-electron chi connectivity index (χ1n) is 12.1. The van der Waals surface area contributed by atoms with E-state index in [1.165, 1.54) is 5.56 Å². The zero-order valence-electron chi connectivity index (χ0n) is 20.5. The van der Waals surface area contributed by atoms with Gasteiger partial charge in [-0.05, 0) is 75.5 Å². The van der Waals surface area contributed by atoms with Crippen molar-refractivity contribution < 1.29 is 14.3 Å². The van der Waals surface area contributed by atoms with Gasteiger partial charge >= 0.3 is 6.09 Å². The highest BCUT2D eigenvalue weighted by atomic mass is 79.9. The second-order valence-electron chi connectivity index (χ2n) is 9.19. The molecule has 10 heteroatoms. The summed E-state index contributed by atoms with van der Waals surface area (Å²) in [6, 6.07) is 13.7. The van der Waals surface area contributed by atoms with Crippen molar-refractivity contribution in [2.45, 2.75) is 45.2 Å². The molecule has 2 aliphatic heterocycles. The van der Waals surface area contributed by atoms with Crippen molar-refractivity contribution in [1.29, 1.82) is 0 Å². The lowest BCUT2D eigenvalue weighted by Crippen LogP contribution is -2.45. The first-order chi connectivity index (χ1) is 16.5. The van der Waals surface area contributed by atoms with E-state index in [0.717, 1.165) is 62.0 Å². The fourth-order valence-corrected chi connectivity index (χ4v) is 5.29. The van der Waals surface area contributed by atoms with Crippen molar-refractivity contribution in [2.24, 2.45) is 5.41 Å². The van der Waals surface area contributed by atoms with E-state index in [9.17, 15) is 9.59 Å². The molecule has 3 heterocycles. The molecule has 1 N–H and O–H groups in total. The summed E-state index contributed by atoms with van der Waals surface area (Å²) in [5.74, 6) is 0.311. The number of aromatic nitrogens is 1. The van der Waals surface area contributed by atoms with Crippen LogP contribution in [0.1, 0.15) is 49.9 Å². The molecule has 0 saturated carbocycles. The number of benzene rings is 1. The minimum atomic E-state index is -0.418. The Morgan fingerprint density at radius 3 is 2.44 bits per heavy atom. The number of likely N-dealkylation sites (tertiary alicyclic amines) is 2. The number of nitrogens with one attached hydrogen (secondary N) is 1. The van der Waals surface area contributed by atoms with Gasteiger partial charge in [-0.2, -0.15) is 0 Å². The number of rotatable bonds is 8. The maximum Gasteiger partial charge on any atom is 0.407 e. The molecule has 1 aromatic heterocycles. The third-order valence-corrected chi connectivity index (χ3v) is 7.58. The van der Waals surface area contributed by atoms with Gasteiger partial charge in [0.15, 0.2) is 0 Å². The van der Waals surface area contributed by atoms with Crippen molar-refractivity contribution in [2.75, 3.05) is 32.8 Å². The van der Waals surface area contributed by atoms with Crippen LogP contribution in [0.4, 0.5) is 4.79 Å². The average molecular weight is 602 g/mol. The van der Waals surface area contributed by atoms with Gasteiger partial charge in [-0.25, -0.2) is 4.79 Å². The zero-order chi connectivity index (χ0) is 24.0.